The minimum atomic E-state index is -0.00214. The number of carbonyl (C=O) groups is 1. The summed E-state index contributed by atoms with van der Waals surface area (Å²) < 4.78 is 5.75. The summed E-state index contributed by atoms with van der Waals surface area (Å²) in [6, 6.07) is 12.8. The average Bonchev–Trinajstić information content (AvgIpc) is 2.98. The van der Waals surface area contributed by atoms with Gasteiger partial charge in [-0.3, -0.25) is 4.79 Å². The van der Waals surface area contributed by atoms with Gasteiger partial charge in [0.2, 0.25) is 11.8 Å². The maximum Gasteiger partial charge on any atom is 0.228 e. The Morgan fingerprint density at radius 3 is 2.87 bits per heavy atom. The number of benzene rings is 2. The second-order valence-electron chi connectivity index (χ2n) is 5.33. The molecule has 0 radical (unpaired) electrons. The van der Waals surface area contributed by atoms with Crippen molar-refractivity contribution in [3.05, 3.63) is 47.5 Å². The van der Waals surface area contributed by atoms with Crippen molar-refractivity contribution in [3.8, 4) is 11.5 Å². The fourth-order valence-electron chi connectivity index (χ4n) is 2.32. The van der Waals surface area contributed by atoms with Crippen LogP contribution in [0.2, 0.25) is 5.02 Å². The zero-order chi connectivity index (χ0) is 16.2. The van der Waals surface area contributed by atoms with Gasteiger partial charge in [0.15, 0.2) is 5.58 Å². The van der Waals surface area contributed by atoms with Crippen LogP contribution >= 0.6 is 11.6 Å². The molecule has 2 aromatic carbocycles. The molecule has 23 heavy (non-hydrogen) atoms. The Kier molecular flexibility index (Phi) is 4.63. The Balaban J connectivity index is 1.89. The number of rotatable bonds is 5. The molecule has 0 atom stereocenters. The van der Waals surface area contributed by atoms with Crippen molar-refractivity contribution in [3.63, 3.8) is 0 Å². The number of amides is 1. The van der Waals surface area contributed by atoms with Crippen LogP contribution in [-0.4, -0.2) is 10.9 Å². The van der Waals surface area contributed by atoms with E-state index in [9.17, 15) is 4.79 Å². The summed E-state index contributed by atoms with van der Waals surface area (Å²) in [5.41, 5.74) is 2.83. The van der Waals surface area contributed by atoms with E-state index in [1.807, 2.05) is 24.3 Å². The lowest BCUT2D eigenvalue weighted by Crippen LogP contribution is -2.10. The monoisotopic (exact) mass is 328 g/mol. The molecule has 0 aliphatic carbocycles. The van der Waals surface area contributed by atoms with E-state index in [2.05, 4.69) is 17.2 Å². The molecule has 5 heteroatoms. The summed E-state index contributed by atoms with van der Waals surface area (Å²) >= 11 is 6.27. The highest BCUT2D eigenvalue weighted by atomic mass is 35.5. The number of halogens is 1. The van der Waals surface area contributed by atoms with Crippen LogP contribution < -0.4 is 5.32 Å². The number of unbranched alkanes of at least 4 members (excludes halogenated alkanes) is 1. The molecule has 0 spiro atoms. The predicted molar refractivity (Wildman–Crippen MR) is 92.6 cm³/mol. The highest BCUT2D eigenvalue weighted by molar-refractivity contribution is 6.33. The number of fused-ring (bicyclic) bond motifs is 1. The Hall–Kier alpha value is -2.33. The van der Waals surface area contributed by atoms with E-state index < -0.39 is 0 Å². The van der Waals surface area contributed by atoms with Crippen molar-refractivity contribution in [2.24, 2.45) is 0 Å². The molecule has 0 aliphatic rings. The number of hydrogen-bond donors (Lipinski definition) is 1. The molecule has 0 aliphatic heterocycles. The first-order valence-electron chi connectivity index (χ1n) is 7.62. The van der Waals surface area contributed by atoms with E-state index in [0.29, 0.717) is 34.2 Å². The van der Waals surface area contributed by atoms with Gasteiger partial charge in [-0.1, -0.05) is 37.1 Å². The van der Waals surface area contributed by atoms with Crippen molar-refractivity contribution in [1.29, 1.82) is 0 Å². The molecule has 0 saturated carbocycles. The van der Waals surface area contributed by atoms with Crippen LogP contribution in [0.15, 0.2) is 46.9 Å². The van der Waals surface area contributed by atoms with E-state index in [1.165, 1.54) is 0 Å². The average molecular weight is 329 g/mol. The molecule has 1 N–H and O–H groups in total. The third-order valence-electron chi connectivity index (χ3n) is 3.53. The van der Waals surface area contributed by atoms with Crippen molar-refractivity contribution in [2.45, 2.75) is 26.2 Å². The number of hydrogen-bond acceptors (Lipinski definition) is 3. The number of aromatic nitrogens is 1. The lowest BCUT2D eigenvalue weighted by molar-refractivity contribution is -0.116. The summed E-state index contributed by atoms with van der Waals surface area (Å²) in [7, 11) is 0. The fraction of sp³-hybridized carbons (Fsp3) is 0.222. The molecular weight excluding hydrogens is 312 g/mol. The predicted octanol–water partition coefficient (Wildman–Crippen LogP) is 5.28. The molecule has 1 aromatic heterocycles. The van der Waals surface area contributed by atoms with Crippen LogP contribution in [0.1, 0.15) is 26.2 Å². The van der Waals surface area contributed by atoms with Crippen molar-refractivity contribution >= 4 is 34.3 Å². The first-order valence-corrected chi connectivity index (χ1v) is 8.00. The van der Waals surface area contributed by atoms with E-state index >= 15 is 0 Å². The van der Waals surface area contributed by atoms with Crippen molar-refractivity contribution in [1.82, 2.24) is 4.98 Å². The molecule has 0 unspecified atom stereocenters. The van der Waals surface area contributed by atoms with Gasteiger partial charge in [0.1, 0.15) is 5.52 Å². The van der Waals surface area contributed by atoms with Gasteiger partial charge in [0, 0.05) is 12.1 Å². The van der Waals surface area contributed by atoms with Gasteiger partial charge in [-0.15, -0.1) is 0 Å². The molecule has 0 saturated heterocycles. The smallest absolute Gasteiger partial charge is 0.228 e. The maximum absolute atomic E-state index is 11.9. The molecule has 1 amide bonds. The minimum Gasteiger partial charge on any atom is -0.436 e. The Morgan fingerprint density at radius 2 is 2.09 bits per heavy atom. The number of oxazole rings is 1. The molecule has 1 heterocycles. The van der Waals surface area contributed by atoms with Crippen LogP contribution in [0.25, 0.3) is 22.6 Å². The van der Waals surface area contributed by atoms with Gasteiger partial charge in [-0.25, -0.2) is 4.98 Å². The largest absolute Gasteiger partial charge is 0.436 e. The molecule has 4 nitrogen and oxygen atoms in total. The number of nitrogens with one attached hydrogen (secondary N) is 1. The second-order valence-corrected chi connectivity index (χ2v) is 5.74. The standard InChI is InChI=1S/C18H17ClN2O2/c1-2-3-8-17(22)20-12-9-10-14(19)13(11-12)18-21-15-6-4-5-7-16(15)23-18/h4-7,9-11H,2-3,8H2,1H3,(H,20,22). The molecule has 3 rings (SSSR count). The third kappa shape index (κ3) is 3.54. The van der Waals surface area contributed by atoms with Crippen LogP contribution in [0, 0.1) is 0 Å². The van der Waals surface area contributed by atoms with E-state index in [4.69, 9.17) is 16.0 Å². The van der Waals surface area contributed by atoms with Crippen molar-refractivity contribution in [2.75, 3.05) is 5.32 Å². The summed E-state index contributed by atoms with van der Waals surface area (Å²) in [6.07, 6.45) is 2.37. The van der Waals surface area contributed by atoms with E-state index in [0.717, 1.165) is 18.4 Å². The van der Waals surface area contributed by atoms with Crippen LogP contribution in [0.5, 0.6) is 0 Å². The highest BCUT2D eigenvalue weighted by Gasteiger charge is 2.13. The lowest BCUT2D eigenvalue weighted by atomic mass is 10.2. The van der Waals surface area contributed by atoms with Gasteiger partial charge >= 0.3 is 0 Å². The number of para-hydroxylation sites is 2. The molecule has 3 aromatic rings. The molecular formula is C18H17ClN2O2. The highest BCUT2D eigenvalue weighted by Crippen LogP contribution is 2.32. The summed E-state index contributed by atoms with van der Waals surface area (Å²) in [5, 5.41) is 3.41. The Labute approximate surface area is 139 Å². The number of nitrogens with zero attached hydrogens (tertiary/aromatic N) is 1. The Bertz CT molecular complexity index is 809. The van der Waals surface area contributed by atoms with E-state index in [-0.39, 0.29) is 5.91 Å². The maximum atomic E-state index is 11.9. The zero-order valence-corrected chi connectivity index (χ0v) is 13.6. The quantitative estimate of drug-likeness (QED) is 0.693. The number of carbonyl (C=O) groups excluding carboxylic acids is 1. The zero-order valence-electron chi connectivity index (χ0n) is 12.8. The SMILES string of the molecule is CCCCC(=O)Nc1ccc(Cl)c(-c2nc3ccccc3o2)c1. The van der Waals surface area contributed by atoms with Crippen LogP contribution in [0.3, 0.4) is 0 Å². The third-order valence-corrected chi connectivity index (χ3v) is 3.86. The molecule has 0 fully saturated rings. The summed E-state index contributed by atoms with van der Waals surface area (Å²) in [4.78, 5) is 16.3. The van der Waals surface area contributed by atoms with Crippen molar-refractivity contribution < 1.29 is 9.21 Å². The van der Waals surface area contributed by atoms with Gasteiger partial charge < -0.3 is 9.73 Å². The number of anilines is 1. The summed E-state index contributed by atoms with van der Waals surface area (Å²) in [5.74, 6) is 0.443. The van der Waals surface area contributed by atoms with Gasteiger partial charge in [-0.2, -0.15) is 0 Å². The van der Waals surface area contributed by atoms with Gasteiger partial charge in [0.05, 0.1) is 10.6 Å². The molecule has 118 valence electrons. The summed E-state index contributed by atoms with van der Waals surface area (Å²) in [6.45, 7) is 2.06. The van der Waals surface area contributed by atoms with E-state index in [1.54, 1.807) is 18.2 Å². The lowest BCUT2D eigenvalue weighted by Gasteiger charge is -2.07. The van der Waals surface area contributed by atoms with Gasteiger partial charge in [-0.05, 0) is 36.8 Å². The topological polar surface area (TPSA) is 55.1 Å². The first kappa shape index (κ1) is 15.6. The van der Waals surface area contributed by atoms with Crippen LogP contribution in [-0.2, 0) is 4.79 Å². The second kappa shape index (κ2) is 6.84. The fourth-order valence-corrected chi connectivity index (χ4v) is 2.51. The van der Waals surface area contributed by atoms with Crippen LogP contribution in [0.4, 0.5) is 5.69 Å². The first-order chi connectivity index (χ1) is 11.2. The minimum absolute atomic E-state index is 0.00214. The van der Waals surface area contributed by atoms with Gasteiger partial charge in [0.25, 0.3) is 0 Å². The normalized spacial score (nSPS) is 10.9. The Morgan fingerprint density at radius 1 is 1.26 bits per heavy atom. The molecule has 0 bridgehead atoms.